The highest BCUT2D eigenvalue weighted by molar-refractivity contribution is 5.97. The van der Waals surface area contributed by atoms with Crippen molar-refractivity contribution in [3.8, 4) is 12.1 Å². The van der Waals surface area contributed by atoms with Crippen LogP contribution >= 0.6 is 0 Å². The second-order valence-electron chi connectivity index (χ2n) is 5.61. The summed E-state index contributed by atoms with van der Waals surface area (Å²) in [5, 5.41) is 21.9. The molecular formula is C20H12N2. The minimum Gasteiger partial charge on any atom is -0.196 e. The highest BCUT2D eigenvalue weighted by Gasteiger charge is 2.50. The number of nitrogens with zero attached hydrogens (tertiary/aromatic N) is 2. The van der Waals surface area contributed by atoms with Gasteiger partial charge in [0.15, 0.2) is 5.41 Å². The topological polar surface area (TPSA) is 47.6 Å². The lowest BCUT2D eigenvalue weighted by atomic mass is 9.75. The third kappa shape index (κ3) is 1.42. The summed E-state index contributed by atoms with van der Waals surface area (Å²) in [6.45, 7) is 0. The SMILES string of the molecule is N#CC1(C#N)c2c(ccc3ccccc23)C2=CC=CC=CC21. The van der Waals surface area contributed by atoms with Gasteiger partial charge < -0.3 is 0 Å². The first kappa shape index (κ1) is 12.6. The molecule has 1 unspecified atom stereocenters. The van der Waals surface area contributed by atoms with Crippen molar-refractivity contribution >= 4 is 16.3 Å². The van der Waals surface area contributed by atoms with Crippen LogP contribution < -0.4 is 0 Å². The molecule has 0 aliphatic heterocycles. The maximum atomic E-state index is 9.90. The number of hydrogen-bond donors (Lipinski definition) is 0. The van der Waals surface area contributed by atoms with Crippen molar-refractivity contribution in [2.24, 2.45) is 5.92 Å². The van der Waals surface area contributed by atoms with Crippen molar-refractivity contribution in [1.29, 1.82) is 10.5 Å². The molecule has 0 aromatic heterocycles. The van der Waals surface area contributed by atoms with E-state index in [1.807, 2.05) is 60.7 Å². The summed E-state index contributed by atoms with van der Waals surface area (Å²) >= 11 is 0. The highest BCUT2D eigenvalue weighted by Crippen LogP contribution is 2.53. The average molecular weight is 280 g/mol. The van der Waals surface area contributed by atoms with Gasteiger partial charge in [-0.1, -0.05) is 66.8 Å². The van der Waals surface area contributed by atoms with E-state index in [1.165, 1.54) is 0 Å². The maximum absolute atomic E-state index is 9.90. The molecule has 2 aliphatic rings. The van der Waals surface area contributed by atoms with E-state index < -0.39 is 5.41 Å². The van der Waals surface area contributed by atoms with Crippen molar-refractivity contribution in [1.82, 2.24) is 0 Å². The van der Waals surface area contributed by atoms with Gasteiger partial charge in [0.05, 0.1) is 12.1 Å². The molecule has 2 aliphatic carbocycles. The molecule has 1 atom stereocenters. The number of allylic oxidation sites excluding steroid dienone is 6. The Morgan fingerprint density at radius 2 is 1.73 bits per heavy atom. The summed E-state index contributed by atoms with van der Waals surface area (Å²) in [6.07, 6.45) is 9.82. The first-order valence-electron chi connectivity index (χ1n) is 7.22. The number of hydrogen-bond acceptors (Lipinski definition) is 2. The van der Waals surface area contributed by atoms with E-state index in [0.717, 1.165) is 27.5 Å². The molecule has 0 fully saturated rings. The zero-order valence-electron chi connectivity index (χ0n) is 11.8. The van der Waals surface area contributed by atoms with Crippen molar-refractivity contribution in [2.75, 3.05) is 0 Å². The summed E-state index contributed by atoms with van der Waals surface area (Å²) in [7, 11) is 0. The van der Waals surface area contributed by atoms with E-state index in [1.54, 1.807) is 0 Å². The highest BCUT2D eigenvalue weighted by atomic mass is 14.5. The second-order valence-corrected chi connectivity index (χ2v) is 5.61. The Labute approximate surface area is 128 Å². The van der Waals surface area contributed by atoms with Crippen LogP contribution in [0, 0.1) is 28.6 Å². The third-order valence-electron chi connectivity index (χ3n) is 4.59. The van der Waals surface area contributed by atoms with Gasteiger partial charge in [-0.15, -0.1) is 0 Å². The monoisotopic (exact) mass is 280 g/mol. The smallest absolute Gasteiger partial charge is 0.180 e. The van der Waals surface area contributed by atoms with Crippen LogP contribution in [0.2, 0.25) is 0 Å². The Bertz CT molecular complexity index is 947. The molecule has 0 saturated heterocycles. The Morgan fingerprint density at radius 3 is 2.55 bits per heavy atom. The van der Waals surface area contributed by atoms with Crippen LogP contribution in [0.4, 0.5) is 0 Å². The van der Waals surface area contributed by atoms with E-state index >= 15 is 0 Å². The summed E-state index contributed by atoms with van der Waals surface area (Å²) < 4.78 is 0. The third-order valence-corrected chi connectivity index (χ3v) is 4.59. The predicted molar refractivity (Wildman–Crippen MR) is 86.6 cm³/mol. The number of fused-ring (bicyclic) bond motifs is 5. The Morgan fingerprint density at radius 1 is 0.909 bits per heavy atom. The lowest BCUT2D eigenvalue weighted by Crippen LogP contribution is -2.26. The second kappa shape index (κ2) is 4.45. The Hall–Kier alpha value is -3.10. The van der Waals surface area contributed by atoms with E-state index in [2.05, 4.69) is 18.2 Å². The number of rotatable bonds is 0. The van der Waals surface area contributed by atoms with Crippen LogP contribution in [0.15, 0.2) is 66.8 Å². The molecule has 2 heteroatoms. The zero-order valence-corrected chi connectivity index (χ0v) is 11.8. The van der Waals surface area contributed by atoms with Gasteiger partial charge in [-0.3, -0.25) is 0 Å². The molecule has 0 saturated carbocycles. The first-order valence-corrected chi connectivity index (χ1v) is 7.22. The minimum atomic E-state index is -1.16. The fraction of sp³-hybridized carbons (Fsp3) is 0.100. The van der Waals surface area contributed by atoms with Gasteiger partial charge in [-0.2, -0.15) is 10.5 Å². The molecule has 0 bridgehead atoms. The minimum absolute atomic E-state index is 0.224. The van der Waals surface area contributed by atoms with E-state index in [0.29, 0.717) is 0 Å². The van der Waals surface area contributed by atoms with Crippen molar-refractivity contribution in [3.05, 3.63) is 77.9 Å². The van der Waals surface area contributed by atoms with Crippen LogP contribution in [0.1, 0.15) is 11.1 Å². The standard InChI is InChI=1S/C20H12N2/c21-12-20(13-22)18-9-3-1-2-8-16(18)17-11-10-14-6-4-5-7-15(14)19(17)20/h1-11,18H. The van der Waals surface area contributed by atoms with Gasteiger partial charge in [0, 0.05) is 11.5 Å². The largest absolute Gasteiger partial charge is 0.196 e. The van der Waals surface area contributed by atoms with Crippen molar-refractivity contribution in [3.63, 3.8) is 0 Å². The van der Waals surface area contributed by atoms with Gasteiger partial charge in [0.25, 0.3) is 0 Å². The molecule has 0 amide bonds. The lowest BCUT2D eigenvalue weighted by molar-refractivity contribution is 0.639. The van der Waals surface area contributed by atoms with Gasteiger partial charge >= 0.3 is 0 Å². The molecule has 4 rings (SSSR count). The Kier molecular flexibility index (Phi) is 2.55. The zero-order chi connectivity index (χ0) is 15.2. The molecule has 2 aromatic carbocycles. The summed E-state index contributed by atoms with van der Waals surface area (Å²) in [5.41, 5.74) is 1.76. The first-order chi connectivity index (χ1) is 10.8. The fourth-order valence-corrected chi connectivity index (χ4v) is 3.61. The quantitative estimate of drug-likeness (QED) is 0.723. The van der Waals surface area contributed by atoms with E-state index in [-0.39, 0.29) is 5.92 Å². The molecule has 2 nitrogen and oxygen atoms in total. The maximum Gasteiger partial charge on any atom is 0.180 e. The van der Waals surface area contributed by atoms with Crippen molar-refractivity contribution in [2.45, 2.75) is 5.41 Å². The van der Waals surface area contributed by atoms with Crippen LogP contribution in [-0.4, -0.2) is 0 Å². The summed E-state index contributed by atoms with van der Waals surface area (Å²) in [5.74, 6) is -0.224. The van der Waals surface area contributed by atoms with Crippen LogP contribution in [0.25, 0.3) is 16.3 Å². The van der Waals surface area contributed by atoms with Crippen LogP contribution in [0.5, 0.6) is 0 Å². The molecule has 0 radical (unpaired) electrons. The molecular weight excluding hydrogens is 268 g/mol. The number of benzene rings is 2. The van der Waals surface area contributed by atoms with E-state index in [9.17, 15) is 10.5 Å². The van der Waals surface area contributed by atoms with Crippen LogP contribution in [0.3, 0.4) is 0 Å². The van der Waals surface area contributed by atoms with Crippen molar-refractivity contribution < 1.29 is 0 Å². The molecule has 2 aromatic rings. The van der Waals surface area contributed by atoms with Gasteiger partial charge in [0.1, 0.15) is 0 Å². The lowest BCUT2D eigenvalue weighted by Gasteiger charge is -2.20. The average Bonchev–Trinajstić information content (AvgIpc) is 2.71. The summed E-state index contributed by atoms with van der Waals surface area (Å²) in [6, 6.07) is 16.7. The molecule has 0 N–H and O–H groups in total. The number of nitriles is 2. The van der Waals surface area contributed by atoms with Gasteiger partial charge in [-0.05, 0) is 21.9 Å². The normalized spacial score (nSPS) is 20.5. The molecule has 22 heavy (non-hydrogen) atoms. The fourth-order valence-electron chi connectivity index (χ4n) is 3.61. The summed E-state index contributed by atoms with van der Waals surface area (Å²) in [4.78, 5) is 0. The molecule has 102 valence electrons. The molecule has 0 heterocycles. The Balaban J connectivity index is 2.19. The van der Waals surface area contributed by atoms with Gasteiger partial charge in [-0.25, -0.2) is 0 Å². The molecule has 0 spiro atoms. The van der Waals surface area contributed by atoms with E-state index in [4.69, 9.17) is 0 Å². The van der Waals surface area contributed by atoms with Crippen LogP contribution in [-0.2, 0) is 5.41 Å². The van der Waals surface area contributed by atoms with Gasteiger partial charge in [0.2, 0.25) is 0 Å². The predicted octanol–water partition coefficient (Wildman–Crippen LogP) is 4.26.